The highest BCUT2D eigenvalue weighted by Gasteiger charge is 2.08. The van der Waals surface area contributed by atoms with Gasteiger partial charge < -0.3 is 10.6 Å². The molecule has 0 spiro atoms. The van der Waals surface area contributed by atoms with Gasteiger partial charge in [-0.1, -0.05) is 29.3 Å². The highest BCUT2D eigenvalue weighted by atomic mass is 35.5. The van der Waals surface area contributed by atoms with Crippen molar-refractivity contribution in [3.05, 3.63) is 38.5 Å². The number of thiophene rings is 1. The van der Waals surface area contributed by atoms with Crippen LogP contribution < -0.4 is 10.6 Å². The van der Waals surface area contributed by atoms with Crippen LogP contribution in [-0.4, -0.2) is 12.0 Å². The summed E-state index contributed by atoms with van der Waals surface area (Å²) in [6.45, 7) is 0.704. The number of halogens is 2. The zero-order valence-corrected chi connectivity index (χ0v) is 11.5. The smallest absolute Gasteiger partial charge is 0.147 e. The summed E-state index contributed by atoms with van der Waals surface area (Å²) in [5.74, 6) is 1.25. The summed E-state index contributed by atoms with van der Waals surface area (Å²) in [7, 11) is 1.77. The summed E-state index contributed by atoms with van der Waals surface area (Å²) in [6, 6.07) is 5.75. The SMILES string of the molecule is CNc1nc(NCc2cccs2)c(Cl)cc1Cl. The zero-order valence-electron chi connectivity index (χ0n) is 9.13. The molecule has 0 radical (unpaired) electrons. The molecule has 2 aromatic heterocycles. The molecule has 0 aromatic carbocycles. The Morgan fingerprint density at radius 2 is 2.06 bits per heavy atom. The Labute approximate surface area is 114 Å². The zero-order chi connectivity index (χ0) is 12.3. The number of nitrogens with one attached hydrogen (secondary N) is 2. The second kappa shape index (κ2) is 5.58. The molecular formula is C11H11Cl2N3S. The van der Waals surface area contributed by atoms with E-state index < -0.39 is 0 Å². The molecule has 0 saturated heterocycles. The molecule has 3 nitrogen and oxygen atoms in total. The fraction of sp³-hybridized carbons (Fsp3) is 0.182. The van der Waals surface area contributed by atoms with Gasteiger partial charge in [-0.15, -0.1) is 11.3 Å². The van der Waals surface area contributed by atoms with Crippen molar-refractivity contribution >= 4 is 46.2 Å². The van der Waals surface area contributed by atoms with Crippen LogP contribution in [0.3, 0.4) is 0 Å². The Morgan fingerprint density at radius 3 is 2.71 bits per heavy atom. The first-order chi connectivity index (χ1) is 8.20. The third-order valence-electron chi connectivity index (χ3n) is 2.18. The quantitative estimate of drug-likeness (QED) is 0.889. The Kier molecular flexibility index (Phi) is 4.10. The van der Waals surface area contributed by atoms with E-state index in [1.807, 2.05) is 11.4 Å². The van der Waals surface area contributed by atoms with E-state index in [1.54, 1.807) is 24.5 Å². The maximum Gasteiger partial charge on any atom is 0.147 e. The minimum absolute atomic E-state index is 0.513. The molecule has 2 rings (SSSR count). The summed E-state index contributed by atoms with van der Waals surface area (Å²) in [5, 5.41) is 9.17. The topological polar surface area (TPSA) is 37.0 Å². The normalized spacial score (nSPS) is 10.3. The molecule has 2 N–H and O–H groups in total. The van der Waals surface area contributed by atoms with Gasteiger partial charge in [0.1, 0.15) is 11.6 Å². The summed E-state index contributed by atoms with van der Waals surface area (Å²) >= 11 is 13.7. The Balaban J connectivity index is 2.15. The van der Waals surface area contributed by atoms with Crippen LogP contribution in [0.25, 0.3) is 0 Å². The first kappa shape index (κ1) is 12.5. The maximum atomic E-state index is 6.06. The molecule has 0 aliphatic carbocycles. The lowest BCUT2D eigenvalue weighted by atomic mass is 10.4. The minimum atomic E-state index is 0.513. The Bertz CT molecular complexity index is 500. The van der Waals surface area contributed by atoms with Gasteiger partial charge >= 0.3 is 0 Å². The lowest BCUT2D eigenvalue weighted by molar-refractivity contribution is 1.14. The van der Waals surface area contributed by atoms with E-state index in [0.29, 0.717) is 28.2 Å². The highest BCUT2D eigenvalue weighted by molar-refractivity contribution is 7.09. The fourth-order valence-corrected chi connectivity index (χ4v) is 2.51. The van der Waals surface area contributed by atoms with Gasteiger partial charge in [0.25, 0.3) is 0 Å². The average molecular weight is 288 g/mol. The molecule has 2 heterocycles. The lowest BCUT2D eigenvalue weighted by Gasteiger charge is -2.09. The molecule has 0 amide bonds. The van der Waals surface area contributed by atoms with Crippen LogP contribution >= 0.6 is 34.5 Å². The van der Waals surface area contributed by atoms with Crippen LogP contribution in [0, 0.1) is 0 Å². The van der Waals surface area contributed by atoms with Crippen LogP contribution in [0.5, 0.6) is 0 Å². The van der Waals surface area contributed by atoms with Gasteiger partial charge in [0.05, 0.1) is 16.6 Å². The van der Waals surface area contributed by atoms with Crippen LogP contribution in [0.2, 0.25) is 10.0 Å². The lowest BCUT2D eigenvalue weighted by Crippen LogP contribution is -2.03. The number of rotatable bonds is 4. The molecule has 0 aliphatic rings. The van der Waals surface area contributed by atoms with E-state index in [1.165, 1.54) is 4.88 Å². The van der Waals surface area contributed by atoms with Crippen molar-refractivity contribution in [3.63, 3.8) is 0 Å². The van der Waals surface area contributed by atoms with Crippen LogP contribution in [-0.2, 0) is 6.54 Å². The minimum Gasteiger partial charge on any atom is -0.372 e. The van der Waals surface area contributed by atoms with Gasteiger partial charge in [-0.3, -0.25) is 0 Å². The first-order valence-corrected chi connectivity index (χ1v) is 6.64. The second-order valence-electron chi connectivity index (χ2n) is 3.33. The van der Waals surface area contributed by atoms with Gasteiger partial charge in [0, 0.05) is 11.9 Å². The summed E-state index contributed by atoms with van der Waals surface area (Å²) in [6.07, 6.45) is 0. The van der Waals surface area contributed by atoms with E-state index in [-0.39, 0.29) is 0 Å². The van der Waals surface area contributed by atoms with Gasteiger partial charge in [0.2, 0.25) is 0 Å². The summed E-state index contributed by atoms with van der Waals surface area (Å²) in [4.78, 5) is 5.53. The molecule has 17 heavy (non-hydrogen) atoms. The predicted octanol–water partition coefficient (Wildman–Crippen LogP) is 4.10. The van der Waals surface area contributed by atoms with Crippen molar-refractivity contribution < 1.29 is 0 Å². The maximum absolute atomic E-state index is 6.06. The molecule has 0 saturated carbocycles. The number of pyridine rings is 1. The monoisotopic (exact) mass is 287 g/mol. The van der Waals surface area contributed by atoms with Crippen molar-refractivity contribution in [2.24, 2.45) is 0 Å². The predicted molar refractivity (Wildman–Crippen MR) is 75.4 cm³/mol. The van der Waals surface area contributed by atoms with Crippen molar-refractivity contribution in [2.45, 2.75) is 6.54 Å². The molecule has 2 aromatic rings. The summed E-state index contributed by atoms with van der Waals surface area (Å²) in [5.41, 5.74) is 0. The van der Waals surface area contributed by atoms with Crippen LogP contribution in [0.1, 0.15) is 4.88 Å². The average Bonchev–Trinajstić information content (AvgIpc) is 2.81. The number of hydrogen-bond acceptors (Lipinski definition) is 4. The third kappa shape index (κ3) is 3.03. The number of aromatic nitrogens is 1. The molecule has 0 fully saturated rings. The highest BCUT2D eigenvalue weighted by Crippen LogP contribution is 2.29. The Hall–Kier alpha value is -0.970. The van der Waals surface area contributed by atoms with Gasteiger partial charge in [-0.2, -0.15) is 0 Å². The van der Waals surface area contributed by atoms with E-state index >= 15 is 0 Å². The van der Waals surface area contributed by atoms with Crippen molar-refractivity contribution in [1.29, 1.82) is 0 Å². The Morgan fingerprint density at radius 1 is 1.29 bits per heavy atom. The fourth-order valence-electron chi connectivity index (χ4n) is 1.35. The molecule has 90 valence electrons. The summed E-state index contributed by atoms with van der Waals surface area (Å²) < 4.78 is 0. The standard InChI is InChI=1S/C11H11Cl2N3S/c1-14-10-8(12)5-9(13)11(16-10)15-6-7-3-2-4-17-7/h2-5H,6H2,1H3,(H2,14,15,16). The van der Waals surface area contributed by atoms with Gasteiger partial charge in [-0.25, -0.2) is 4.98 Å². The van der Waals surface area contributed by atoms with Crippen molar-refractivity contribution in [1.82, 2.24) is 4.98 Å². The molecule has 6 heteroatoms. The molecular weight excluding hydrogens is 277 g/mol. The number of anilines is 2. The largest absolute Gasteiger partial charge is 0.372 e. The van der Waals surface area contributed by atoms with E-state index in [9.17, 15) is 0 Å². The van der Waals surface area contributed by atoms with E-state index in [0.717, 1.165) is 0 Å². The first-order valence-electron chi connectivity index (χ1n) is 5.00. The van der Waals surface area contributed by atoms with Crippen molar-refractivity contribution in [2.75, 3.05) is 17.7 Å². The molecule has 0 aliphatic heterocycles. The van der Waals surface area contributed by atoms with Crippen LogP contribution in [0.15, 0.2) is 23.6 Å². The van der Waals surface area contributed by atoms with E-state index in [4.69, 9.17) is 23.2 Å². The molecule has 0 atom stereocenters. The van der Waals surface area contributed by atoms with Gasteiger partial charge in [0.15, 0.2) is 0 Å². The number of hydrogen-bond donors (Lipinski definition) is 2. The van der Waals surface area contributed by atoms with Gasteiger partial charge in [-0.05, 0) is 17.5 Å². The molecule has 0 bridgehead atoms. The molecule has 0 unspecified atom stereocenters. The number of nitrogens with zero attached hydrogens (tertiary/aromatic N) is 1. The third-order valence-corrected chi connectivity index (χ3v) is 3.63. The second-order valence-corrected chi connectivity index (χ2v) is 5.18. The van der Waals surface area contributed by atoms with E-state index in [2.05, 4.69) is 21.7 Å². The van der Waals surface area contributed by atoms with Crippen molar-refractivity contribution in [3.8, 4) is 0 Å². The van der Waals surface area contributed by atoms with Crippen LogP contribution in [0.4, 0.5) is 11.6 Å².